The van der Waals surface area contributed by atoms with Gasteiger partial charge in [-0.15, -0.1) is 13.2 Å². The normalized spacial score (nSPS) is 11.0. The van der Waals surface area contributed by atoms with Crippen molar-refractivity contribution in [2.45, 2.75) is 11.4 Å². The minimum atomic E-state index is -4.82. The van der Waals surface area contributed by atoms with Crippen LogP contribution < -0.4 is 10.1 Å². The van der Waals surface area contributed by atoms with Crippen LogP contribution in [0.1, 0.15) is 20.7 Å². The van der Waals surface area contributed by atoms with Gasteiger partial charge in [0.25, 0.3) is 0 Å². The van der Waals surface area contributed by atoms with Crippen molar-refractivity contribution < 1.29 is 37.0 Å². The molecule has 3 aromatic rings. The van der Waals surface area contributed by atoms with Gasteiger partial charge < -0.3 is 14.8 Å². The van der Waals surface area contributed by atoms with Gasteiger partial charge in [0, 0.05) is 17.4 Å². The Morgan fingerprint density at radius 1 is 1.00 bits per heavy atom. The van der Waals surface area contributed by atoms with Crippen LogP contribution in [0.2, 0.25) is 10.0 Å². The smallest absolute Gasteiger partial charge is 0.454 e. The number of amides is 1. The summed E-state index contributed by atoms with van der Waals surface area (Å²) in [7, 11) is 0. The van der Waals surface area contributed by atoms with Gasteiger partial charge in [0.1, 0.15) is 10.8 Å². The number of carbonyl (C=O) groups is 3. The number of carbonyl (C=O) groups excluding carboxylic acids is 3. The van der Waals surface area contributed by atoms with E-state index in [1.54, 1.807) is 0 Å². The van der Waals surface area contributed by atoms with Crippen LogP contribution in [0.25, 0.3) is 0 Å². The Bertz CT molecular complexity index is 1270. The summed E-state index contributed by atoms with van der Waals surface area (Å²) in [6, 6.07) is 11.8. The van der Waals surface area contributed by atoms with Crippen LogP contribution >= 0.6 is 35.0 Å². The van der Waals surface area contributed by atoms with Gasteiger partial charge in [-0.3, -0.25) is 9.59 Å². The summed E-state index contributed by atoms with van der Waals surface area (Å²) in [5.74, 6) is -2.40. The highest BCUT2D eigenvalue weighted by Gasteiger charge is 2.31. The first-order valence-electron chi connectivity index (χ1n) is 9.90. The number of aromatic nitrogens is 1. The summed E-state index contributed by atoms with van der Waals surface area (Å²) in [5.41, 5.74) is 0.509. The van der Waals surface area contributed by atoms with E-state index in [2.05, 4.69) is 15.0 Å². The Hall–Kier alpha value is -3.28. The van der Waals surface area contributed by atoms with Gasteiger partial charge in [-0.05, 0) is 54.6 Å². The van der Waals surface area contributed by atoms with Crippen LogP contribution in [0.4, 0.5) is 18.9 Å². The van der Waals surface area contributed by atoms with Gasteiger partial charge in [0.2, 0.25) is 5.91 Å². The summed E-state index contributed by atoms with van der Waals surface area (Å²) in [6.45, 7) is -0.551. The first kappa shape index (κ1) is 27.3. The number of hydrogen-bond acceptors (Lipinski definition) is 7. The van der Waals surface area contributed by atoms with Crippen LogP contribution in [0.3, 0.4) is 0 Å². The molecule has 7 nitrogen and oxygen atoms in total. The number of benzene rings is 2. The van der Waals surface area contributed by atoms with Crippen molar-refractivity contribution in [2.24, 2.45) is 0 Å². The Morgan fingerprint density at radius 3 is 2.39 bits per heavy atom. The van der Waals surface area contributed by atoms with E-state index < -0.39 is 36.4 Å². The third kappa shape index (κ3) is 8.14. The van der Waals surface area contributed by atoms with Crippen molar-refractivity contribution in [1.82, 2.24) is 4.98 Å². The minimum absolute atomic E-state index is 0.0471. The number of hydrogen-bond donors (Lipinski definition) is 1. The summed E-state index contributed by atoms with van der Waals surface area (Å²) < 4.78 is 45.6. The molecule has 2 aromatic carbocycles. The second kappa shape index (κ2) is 12.1. The monoisotopic (exact) mass is 558 g/mol. The standard InChI is InChI=1S/C23H15Cl2F3N2O5S/c24-17-8-3-13(10-18(17)25)19(31)11-34-22(33)16-2-1-9-29-21(16)36-12-20(32)30-14-4-6-15(7-5-14)35-23(26,27)28/h1-10H,11-12H2,(H,30,32). The molecule has 0 fully saturated rings. The summed E-state index contributed by atoms with van der Waals surface area (Å²) in [5, 5.41) is 3.16. The molecule has 0 saturated carbocycles. The number of pyridine rings is 1. The van der Waals surface area contributed by atoms with E-state index in [9.17, 15) is 27.6 Å². The molecular weight excluding hydrogens is 544 g/mol. The number of nitrogens with zero attached hydrogens (tertiary/aromatic N) is 1. The molecule has 0 atom stereocenters. The average Bonchev–Trinajstić information content (AvgIpc) is 2.83. The zero-order valence-electron chi connectivity index (χ0n) is 18.0. The maximum Gasteiger partial charge on any atom is 0.573 e. The lowest BCUT2D eigenvalue weighted by atomic mass is 10.1. The number of ketones is 1. The maximum atomic E-state index is 12.5. The van der Waals surface area contributed by atoms with Crippen molar-refractivity contribution in [2.75, 3.05) is 17.7 Å². The summed E-state index contributed by atoms with van der Waals surface area (Å²) >= 11 is 12.7. The lowest BCUT2D eigenvalue weighted by Gasteiger charge is -2.10. The maximum absolute atomic E-state index is 12.5. The first-order valence-corrected chi connectivity index (χ1v) is 11.6. The quantitative estimate of drug-likeness (QED) is 0.194. The van der Waals surface area contributed by atoms with E-state index in [4.69, 9.17) is 27.9 Å². The zero-order valence-corrected chi connectivity index (χ0v) is 20.3. The van der Waals surface area contributed by atoms with Gasteiger partial charge in [-0.1, -0.05) is 35.0 Å². The van der Waals surface area contributed by atoms with E-state index in [0.717, 1.165) is 23.9 Å². The molecule has 0 radical (unpaired) electrons. The van der Waals surface area contributed by atoms with Crippen molar-refractivity contribution in [3.8, 4) is 5.75 Å². The highest BCUT2D eigenvalue weighted by atomic mass is 35.5. The Morgan fingerprint density at radius 2 is 1.72 bits per heavy atom. The predicted molar refractivity (Wildman–Crippen MR) is 128 cm³/mol. The van der Waals surface area contributed by atoms with Crippen LogP contribution in [-0.2, 0) is 9.53 Å². The molecule has 0 aliphatic rings. The van der Waals surface area contributed by atoms with Gasteiger partial charge in [0.05, 0.1) is 21.4 Å². The number of rotatable bonds is 9. The van der Waals surface area contributed by atoms with E-state index in [1.165, 1.54) is 48.7 Å². The molecule has 0 bridgehead atoms. The predicted octanol–water partition coefficient (Wildman–Crippen LogP) is 6.06. The first-order chi connectivity index (χ1) is 17.0. The lowest BCUT2D eigenvalue weighted by Crippen LogP contribution is -2.17. The molecule has 0 spiro atoms. The fraction of sp³-hybridized carbons (Fsp3) is 0.130. The second-order valence-electron chi connectivity index (χ2n) is 6.89. The molecule has 13 heteroatoms. The molecule has 0 aliphatic carbocycles. The summed E-state index contributed by atoms with van der Waals surface area (Å²) in [6.07, 6.45) is -3.41. The number of thioether (sulfide) groups is 1. The minimum Gasteiger partial charge on any atom is -0.454 e. The molecule has 1 N–H and O–H groups in total. The molecule has 0 aliphatic heterocycles. The number of anilines is 1. The molecule has 1 heterocycles. The third-order valence-electron chi connectivity index (χ3n) is 4.28. The van der Waals surface area contributed by atoms with Gasteiger partial charge >= 0.3 is 12.3 Å². The van der Waals surface area contributed by atoms with Crippen molar-refractivity contribution >= 4 is 58.3 Å². The fourth-order valence-electron chi connectivity index (χ4n) is 2.69. The van der Waals surface area contributed by atoms with Crippen LogP contribution in [0, 0.1) is 0 Å². The summed E-state index contributed by atoms with van der Waals surface area (Å²) in [4.78, 5) is 41.1. The molecular formula is C23H15Cl2F3N2O5S. The fourth-order valence-corrected chi connectivity index (χ4v) is 3.77. The van der Waals surface area contributed by atoms with E-state index >= 15 is 0 Å². The Labute approximate surface area is 216 Å². The Balaban J connectivity index is 1.55. The van der Waals surface area contributed by atoms with Crippen molar-refractivity contribution in [1.29, 1.82) is 0 Å². The van der Waals surface area contributed by atoms with Gasteiger partial charge in [-0.25, -0.2) is 9.78 Å². The molecule has 1 aromatic heterocycles. The van der Waals surface area contributed by atoms with Crippen molar-refractivity contribution in [3.05, 3.63) is 82.0 Å². The molecule has 188 valence electrons. The van der Waals surface area contributed by atoms with Crippen LogP contribution in [-0.4, -0.2) is 41.4 Å². The van der Waals surface area contributed by atoms with Crippen LogP contribution in [0.15, 0.2) is 65.8 Å². The van der Waals surface area contributed by atoms with Gasteiger partial charge in [0.15, 0.2) is 12.4 Å². The van der Waals surface area contributed by atoms with Crippen molar-refractivity contribution in [3.63, 3.8) is 0 Å². The number of alkyl halides is 3. The number of Topliss-reactive ketones (excluding diaryl/α,β-unsaturated/α-hetero) is 1. The van der Waals surface area contributed by atoms with Gasteiger partial charge in [-0.2, -0.15) is 0 Å². The van der Waals surface area contributed by atoms with E-state index in [1.807, 2.05) is 0 Å². The second-order valence-corrected chi connectivity index (χ2v) is 8.67. The molecule has 3 rings (SSSR count). The molecule has 36 heavy (non-hydrogen) atoms. The lowest BCUT2D eigenvalue weighted by molar-refractivity contribution is -0.274. The average molecular weight is 559 g/mol. The number of esters is 1. The Kier molecular flexibility index (Phi) is 9.19. The zero-order chi connectivity index (χ0) is 26.3. The number of halogens is 5. The van der Waals surface area contributed by atoms with Crippen LogP contribution in [0.5, 0.6) is 5.75 Å². The highest BCUT2D eigenvalue weighted by Crippen LogP contribution is 2.25. The van der Waals surface area contributed by atoms with E-state index in [-0.39, 0.29) is 37.6 Å². The van der Waals surface area contributed by atoms with E-state index in [0.29, 0.717) is 0 Å². The third-order valence-corrected chi connectivity index (χ3v) is 6.02. The number of nitrogens with one attached hydrogen (secondary N) is 1. The topological polar surface area (TPSA) is 94.6 Å². The SMILES string of the molecule is O=C(CSc1ncccc1C(=O)OCC(=O)c1ccc(Cl)c(Cl)c1)Nc1ccc(OC(F)(F)F)cc1. The largest absolute Gasteiger partial charge is 0.573 e. The molecule has 1 amide bonds. The number of ether oxygens (including phenoxy) is 2. The molecule has 0 unspecified atom stereocenters. The molecule has 0 saturated heterocycles. The highest BCUT2D eigenvalue weighted by molar-refractivity contribution is 8.00.